The van der Waals surface area contributed by atoms with Gasteiger partial charge >= 0.3 is 0 Å². The van der Waals surface area contributed by atoms with Crippen molar-refractivity contribution < 1.29 is 13.2 Å². The summed E-state index contributed by atoms with van der Waals surface area (Å²) in [5, 5.41) is 0.0131. The molecule has 8 heteroatoms. The minimum atomic E-state index is -3.48. The lowest BCUT2D eigenvalue weighted by molar-refractivity contribution is 0.357. The smallest absolute Gasteiger partial charge is 0.206 e. The number of sulfone groups is 1. The van der Waals surface area contributed by atoms with E-state index in [1.165, 1.54) is 0 Å². The molecular formula is C16H16N4O3S. The van der Waals surface area contributed by atoms with E-state index in [1.54, 1.807) is 17.4 Å². The lowest BCUT2D eigenvalue weighted by Crippen LogP contribution is -2.04. The van der Waals surface area contributed by atoms with Crippen molar-refractivity contribution in [2.24, 2.45) is 0 Å². The molecule has 0 amide bonds. The molecule has 0 aliphatic carbocycles. The van der Waals surface area contributed by atoms with Crippen LogP contribution in [0, 0.1) is 6.92 Å². The topological polar surface area (TPSA) is 99.6 Å². The summed E-state index contributed by atoms with van der Waals surface area (Å²) in [7, 11) is -3.48. The standard InChI is InChI=1S/C16H16N4O3S/c1-9-18-15(24(2,21)22)13-8-12(19-16(17)20(9)13)10-4-3-5-14-11(10)6-7-23-14/h3-5,8H,6-7H2,1-2H3,(H2,17,19). The molecule has 4 rings (SSSR count). The molecule has 3 aromatic rings. The second-order valence-corrected chi connectivity index (χ2v) is 7.77. The Kier molecular flexibility index (Phi) is 3.08. The average molecular weight is 344 g/mol. The number of fused-ring (bicyclic) bond motifs is 2. The Morgan fingerprint density at radius 3 is 2.83 bits per heavy atom. The van der Waals surface area contributed by atoms with Crippen molar-refractivity contribution in [3.8, 4) is 17.0 Å². The molecule has 7 nitrogen and oxygen atoms in total. The van der Waals surface area contributed by atoms with Crippen molar-refractivity contribution in [1.29, 1.82) is 0 Å². The van der Waals surface area contributed by atoms with E-state index in [4.69, 9.17) is 10.5 Å². The SMILES string of the molecule is Cc1nc(S(C)(=O)=O)c2cc(-c3cccc4c3CCO4)nc(N)n12. The highest BCUT2D eigenvalue weighted by atomic mass is 32.2. The Morgan fingerprint density at radius 2 is 2.08 bits per heavy atom. The molecule has 0 unspecified atom stereocenters. The third-order valence-electron chi connectivity index (χ3n) is 4.15. The van der Waals surface area contributed by atoms with Crippen LogP contribution in [0.1, 0.15) is 11.4 Å². The highest BCUT2D eigenvalue weighted by molar-refractivity contribution is 7.90. The molecule has 2 N–H and O–H groups in total. The van der Waals surface area contributed by atoms with Crippen LogP contribution in [0.25, 0.3) is 16.8 Å². The quantitative estimate of drug-likeness (QED) is 0.758. The molecule has 0 fully saturated rings. The summed E-state index contributed by atoms with van der Waals surface area (Å²) in [5.74, 6) is 1.53. The molecule has 1 aliphatic rings. The number of ether oxygens (including phenoxy) is 1. The fourth-order valence-electron chi connectivity index (χ4n) is 3.15. The van der Waals surface area contributed by atoms with Crippen LogP contribution >= 0.6 is 0 Å². The zero-order valence-electron chi connectivity index (χ0n) is 13.3. The van der Waals surface area contributed by atoms with Gasteiger partial charge in [-0.05, 0) is 19.1 Å². The molecule has 24 heavy (non-hydrogen) atoms. The molecule has 0 atom stereocenters. The van der Waals surface area contributed by atoms with Gasteiger partial charge in [0.25, 0.3) is 0 Å². The fraction of sp³-hybridized carbons (Fsp3) is 0.250. The third kappa shape index (κ3) is 2.14. The number of hydrogen-bond acceptors (Lipinski definition) is 6. The maximum Gasteiger partial charge on any atom is 0.206 e. The van der Waals surface area contributed by atoms with E-state index in [1.807, 2.05) is 18.2 Å². The van der Waals surface area contributed by atoms with E-state index < -0.39 is 9.84 Å². The maximum absolute atomic E-state index is 12.0. The van der Waals surface area contributed by atoms with Gasteiger partial charge in [-0.25, -0.2) is 18.4 Å². The van der Waals surface area contributed by atoms with Crippen LogP contribution in [0.4, 0.5) is 5.95 Å². The lowest BCUT2D eigenvalue weighted by atomic mass is 10.0. The predicted molar refractivity (Wildman–Crippen MR) is 89.9 cm³/mol. The zero-order chi connectivity index (χ0) is 17.1. The summed E-state index contributed by atoms with van der Waals surface area (Å²) < 4.78 is 31.2. The van der Waals surface area contributed by atoms with Gasteiger partial charge in [-0.2, -0.15) is 0 Å². The highest BCUT2D eigenvalue weighted by Gasteiger charge is 2.23. The van der Waals surface area contributed by atoms with Gasteiger partial charge in [-0.15, -0.1) is 0 Å². The molecule has 1 aromatic carbocycles. The Hall–Kier alpha value is -2.61. The van der Waals surface area contributed by atoms with Crippen LogP contribution in [-0.2, 0) is 16.3 Å². The van der Waals surface area contributed by atoms with Gasteiger partial charge in [-0.1, -0.05) is 12.1 Å². The largest absolute Gasteiger partial charge is 0.493 e. The molecular weight excluding hydrogens is 328 g/mol. The van der Waals surface area contributed by atoms with Crippen molar-refractivity contribution in [2.45, 2.75) is 18.4 Å². The molecule has 0 radical (unpaired) electrons. The molecule has 1 aliphatic heterocycles. The van der Waals surface area contributed by atoms with E-state index in [2.05, 4.69) is 9.97 Å². The number of benzene rings is 1. The number of aryl methyl sites for hydroxylation is 1. The van der Waals surface area contributed by atoms with Crippen LogP contribution in [0.15, 0.2) is 29.3 Å². The van der Waals surface area contributed by atoms with Crippen molar-refractivity contribution in [1.82, 2.24) is 14.4 Å². The first-order valence-electron chi connectivity index (χ1n) is 7.47. The monoisotopic (exact) mass is 344 g/mol. The Bertz CT molecular complexity index is 1090. The van der Waals surface area contributed by atoms with Gasteiger partial charge in [0, 0.05) is 23.8 Å². The van der Waals surface area contributed by atoms with E-state index in [9.17, 15) is 8.42 Å². The summed E-state index contributed by atoms with van der Waals surface area (Å²) in [6.45, 7) is 2.33. The summed E-state index contributed by atoms with van der Waals surface area (Å²) >= 11 is 0. The van der Waals surface area contributed by atoms with Crippen LogP contribution in [0.2, 0.25) is 0 Å². The number of nitrogens with two attached hydrogens (primary N) is 1. The van der Waals surface area contributed by atoms with Crippen molar-refractivity contribution in [3.63, 3.8) is 0 Å². The summed E-state index contributed by atoms with van der Waals surface area (Å²) in [6.07, 6.45) is 1.93. The summed E-state index contributed by atoms with van der Waals surface area (Å²) in [5.41, 5.74) is 9.10. The predicted octanol–water partition coefficient (Wildman–Crippen LogP) is 1.63. The Balaban J connectivity index is 2.04. The molecule has 3 heterocycles. The molecule has 0 bridgehead atoms. The van der Waals surface area contributed by atoms with E-state index in [0.29, 0.717) is 23.6 Å². The number of nitrogens with zero attached hydrogens (tertiary/aromatic N) is 3. The van der Waals surface area contributed by atoms with Gasteiger partial charge in [0.1, 0.15) is 11.6 Å². The van der Waals surface area contributed by atoms with Crippen molar-refractivity contribution >= 4 is 21.3 Å². The molecule has 0 saturated carbocycles. The summed E-state index contributed by atoms with van der Waals surface area (Å²) in [6, 6.07) is 7.47. The van der Waals surface area contributed by atoms with Crippen LogP contribution < -0.4 is 10.5 Å². The zero-order valence-corrected chi connectivity index (χ0v) is 14.1. The first-order chi connectivity index (χ1) is 11.4. The van der Waals surface area contributed by atoms with E-state index >= 15 is 0 Å². The van der Waals surface area contributed by atoms with E-state index in [0.717, 1.165) is 29.6 Å². The van der Waals surface area contributed by atoms with Gasteiger partial charge in [0.2, 0.25) is 5.95 Å². The lowest BCUT2D eigenvalue weighted by Gasteiger charge is -2.09. The number of imidazole rings is 1. The van der Waals surface area contributed by atoms with Crippen molar-refractivity contribution in [3.05, 3.63) is 35.7 Å². The van der Waals surface area contributed by atoms with Gasteiger partial charge in [-0.3, -0.25) is 4.40 Å². The first-order valence-corrected chi connectivity index (χ1v) is 9.36. The Labute approximate surface area is 139 Å². The van der Waals surface area contributed by atoms with Gasteiger partial charge in [0.05, 0.1) is 17.8 Å². The summed E-state index contributed by atoms with van der Waals surface area (Å²) in [4.78, 5) is 8.62. The van der Waals surface area contributed by atoms with Crippen LogP contribution in [0.5, 0.6) is 5.75 Å². The minimum absolute atomic E-state index is 0.0131. The van der Waals surface area contributed by atoms with Gasteiger partial charge in [0.15, 0.2) is 14.9 Å². The van der Waals surface area contributed by atoms with Gasteiger partial charge < -0.3 is 10.5 Å². The van der Waals surface area contributed by atoms with E-state index in [-0.39, 0.29) is 11.0 Å². The second kappa shape index (κ2) is 4.94. The van der Waals surface area contributed by atoms with Crippen molar-refractivity contribution in [2.75, 3.05) is 18.6 Å². The fourth-order valence-corrected chi connectivity index (χ4v) is 3.98. The number of hydrogen-bond donors (Lipinski definition) is 1. The first kappa shape index (κ1) is 14.9. The van der Waals surface area contributed by atoms with Crippen LogP contribution in [-0.4, -0.2) is 35.6 Å². The number of anilines is 1. The number of aromatic nitrogens is 3. The second-order valence-electron chi connectivity index (χ2n) is 5.84. The minimum Gasteiger partial charge on any atom is -0.493 e. The van der Waals surface area contributed by atoms with Crippen LogP contribution in [0.3, 0.4) is 0 Å². The Morgan fingerprint density at radius 1 is 1.29 bits per heavy atom. The highest BCUT2D eigenvalue weighted by Crippen LogP contribution is 2.35. The number of rotatable bonds is 2. The average Bonchev–Trinajstić information content (AvgIpc) is 3.10. The normalized spacial score (nSPS) is 13.9. The molecule has 0 spiro atoms. The number of nitrogen functional groups attached to an aromatic ring is 1. The molecule has 2 aromatic heterocycles. The molecule has 0 saturated heterocycles. The third-order valence-corrected chi connectivity index (χ3v) is 5.16. The molecule has 124 valence electrons. The maximum atomic E-state index is 12.0.